The normalized spacial score (nSPS) is 22.5. The maximum absolute atomic E-state index is 10.1. The summed E-state index contributed by atoms with van der Waals surface area (Å²) in [4.78, 5) is 2.53. The maximum Gasteiger partial charge on any atom is 0.120 e. The van der Waals surface area contributed by atoms with Crippen LogP contribution in [0.1, 0.15) is 37.7 Å². The van der Waals surface area contributed by atoms with E-state index in [0.717, 1.165) is 30.9 Å². The van der Waals surface area contributed by atoms with E-state index in [1.165, 1.54) is 32.1 Å². The standard InChI is InChI=1S/C17H26N2O2/c1-21-16-7-8-17(20)13(10-16)11-19(15-5-6-15)12-14-4-2-3-9-18-14/h7-8,10,14-15,18,20H,2-6,9,11-12H2,1H3. The van der Waals surface area contributed by atoms with Gasteiger partial charge in [-0.2, -0.15) is 0 Å². The van der Waals surface area contributed by atoms with E-state index in [2.05, 4.69) is 10.2 Å². The van der Waals surface area contributed by atoms with Crippen molar-refractivity contribution < 1.29 is 9.84 Å². The zero-order chi connectivity index (χ0) is 14.7. The largest absolute Gasteiger partial charge is 0.508 e. The second-order valence-corrected chi connectivity index (χ2v) is 6.30. The van der Waals surface area contributed by atoms with Crippen LogP contribution in [0.2, 0.25) is 0 Å². The highest BCUT2D eigenvalue weighted by molar-refractivity contribution is 5.39. The highest BCUT2D eigenvalue weighted by atomic mass is 16.5. The maximum atomic E-state index is 10.1. The zero-order valence-electron chi connectivity index (χ0n) is 12.8. The smallest absolute Gasteiger partial charge is 0.120 e. The molecule has 4 heteroatoms. The second kappa shape index (κ2) is 6.67. The molecule has 0 radical (unpaired) electrons. The van der Waals surface area contributed by atoms with Crippen molar-refractivity contribution in [1.29, 1.82) is 0 Å². The molecule has 4 nitrogen and oxygen atoms in total. The van der Waals surface area contributed by atoms with Crippen molar-refractivity contribution in [3.05, 3.63) is 23.8 Å². The van der Waals surface area contributed by atoms with Gasteiger partial charge in [-0.25, -0.2) is 0 Å². The average Bonchev–Trinajstić information content (AvgIpc) is 3.34. The lowest BCUT2D eigenvalue weighted by atomic mass is 10.0. The van der Waals surface area contributed by atoms with Gasteiger partial charge in [0.25, 0.3) is 0 Å². The molecule has 0 bridgehead atoms. The van der Waals surface area contributed by atoms with E-state index in [0.29, 0.717) is 17.8 Å². The van der Waals surface area contributed by atoms with Gasteiger partial charge in [0.05, 0.1) is 7.11 Å². The molecule has 1 saturated heterocycles. The molecule has 1 saturated carbocycles. The summed E-state index contributed by atoms with van der Waals surface area (Å²) in [5.41, 5.74) is 0.969. The van der Waals surface area contributed by atoms with Crippen molar-refractivity contribution in [3.8, 4) is 11.5 Å². The predicted octanol–water partition coefficient (Wildman–Crippen LogP) is 2.51. The number of phenolic OH excluding ortho intramolecular Hbond substituents is 1. The monoisotopic (exact) mass is 290 g/mol. The van der Waals surface area contributed by atoms with E-state index in [4.69, 9.17) is 4.74 Å². The summed E-state index contributed by atoms with van der Waals surface area (Å²) in [6, 6.07) is 6.80. The quantitative estimate of drug-likeness (QED) is 0.845. The number of hydrogen-bond donors (Lipinski definition) is 2. The number of piperidine rings is 1. The van der Waals surface area contributed by atoms with Crippen molar-refractivity contribution in [2.75, 3.05) is 20.2 Å². The number of benzene rings is 1. The lowest BCUT2D eigenvalue weighted by Crippen LogP contribution is -2.44. The Morgan fingerprint density at radius 3 is 2.81 bits per heavy atom. The molecule has 2 N–H and O–H groups in total. The van der Waals surface area contributed by atoms with Gasteiger partial charge in [-0.1, -0.05) is 6.42 Å². The van der Waals surface area contributed by atoms with Crippen LogP contribution >= 0.6 is 0 Å². The fourth-order valence-corrected chi connectivity index (χ4v) is 3.18. The van der Waals surface area contributed by atoms with Crippen LogP contribution in [0, 0.1) is 0 Å². The summed E-state index contributed by atoms with van der Waals surface area (Å²) < 4.78 is 5.28. The van der Waals surface area contributed by atoms with E-state index in [1.54, 1.807) is 13.2 Å². The van der Waals surface area contributed by atoms with E-state index in [-0.39, 0.29) is 0 Å². The molecule has 1 unspecified atom stereocenters. The van der Waals surface area contributed by atoms with E-state index in [1.807, 2.05) is 12.1 Å². The summed E-state index contributed by atoms with van der Waals surface area (Å²) in [7, 11) is 1.67. The molecule has 2 aliphatic rings. The van der Waals surface area contributed by atoms with Crippen LogP contribution in [-0.2, 0) is 6.54 Å². The molecular weight excluding hydrogens is 264 g/mol. The molecule has 2 fully saturated rings. The van der Waals surface area contributed by atoms with Gasteiger partial charge >= 0.3 is 0 Å². The number of nitrogens with zero attached hydrogens (tertiary/aromatic N) is 1. The van der Waals surface area contributed by atoms with Crippen LogP contribution in [0.4, 0.5) is 0 Å². The molecule has 21 heavy (non-hydrogen) atoms. The number of ether oxygens (including phenoxy) is 1. The molecule has 1 atom stereocenters. The van der Waals surface area contributed by atoms with Gasteiger partial charge in [-0.15, -0.1) is 0 Å². The Kier molecular flexibility index (Phi) is 4.66. The number of nitrogens with one attached hydrogen (secondary N) is 1. The third kappa shape index (κ3) is 3.89. The Balaban J connectivity index is 1.67. The predicted molar refractivity (Wildman–Crippen MR) is 83.7 cm³/mol. The summed E-state index contributed by atoms with van der Waals surface area (Å²) in [6.07, 6.45) is 6.49. The topological polar surface area (TPSA) is 44.7 Å². The number of aromatic hydroxyl groups is 1. The van der Waals surface area contributed by atoms with E-state index >= 15 is 0 Å². The third-order valence-electron chi connectivity index (χ3n) is 4.59. The zero-order valence-corrected chi connectivity index (χ0v) is 12.8. The first-order valence-corrected chi connectivity index (χ1v) is 8.09. The Labute approximate surface area is 127 Å². The lowest BCUT2D eigenvalue weighted by molar-refractivity contribution is 0.206. The van der Waals surface area contributed by atoms with Crippen molar-refractivity contribution in [2.24, 2.45) is 0 Å². The Hall–Kier alpha value is -1.26. The summed E-state index contributed by atoms with van der Waals surface area (Å²) in [5.74, 6) is 1.19. The fraction of sp³-hybridized carbons (Fsp3) is 0.647. The molecule has 1 aromatic carbocycles. The molecule has 1 aliphatic heterocycles. The number of methoxy groups -OCH3 is 1. The molecule has 0 aromatic heterocycles. The highest BCUT2D eigenvalue weighted by Crippen LogP contribution is 2.32. The third-order valence-corrected chi connectivity index (χ3v) is 4.59. The molecule has 0 spiro atoms. The minimum Gasteiger partial charge on any atom is -0.508 e. The number of hydrogen-bond acceptors (Lipinski definition) is 4. The van der Waals surface area contributed by atoms with Crippen LogP contribution in [0.25, 0.3) is 0 Å². The summed E-state index contributed by atoms with van der Waals surface area (Å²) in [6.45, 7) is 3.04. The molecule has 116 valence electrons. The van der Waals surface area contributed by atoms with Crippen LogP contribution in [0.3, 0.4) is 0 Å². The first kappa shape index (κ1) is 14.7. The van der Waals surface area contributed by atoms with Gasteiger partial charge in [0.2, 0.25) is 0 Å². The lowest BCUT2D eigenvalue weighted by Gasteiger charge is -2.31. The molecule has 1 aliphatic carbocycles. The molecule has 0 amide bonds. The first-order chi connectivity index (χ1) is 10.3. The van der Waals surface area contributed by atoms with Crippen LogP contribution in [0.15, 0.2) is 18.2 Å². The second-order valence-electron chi connectivity index (χ2n) is 6.30. The highest BCUT2D eigenvalue weighted by Gasteiger charge is 2.31. The van der Waals surface area contributed by atoms with Crippen LogP contribution < -0.4 is 10.1 Å². The van der Waals surface area contributed by atoms with Gasteiger partial charge in [-0.05, 0) is 50.4 Å². The molecular formula is C17H26N2O2. The number of phenols is 1. The Morgan fingerprint density at radius 1 is 1.29 bits per heavy atom. The van der Waals surface area contributed by atoms with Crippen molar-refractivity contribution in [2.45, 2.75) is 50.7 Å². The van der Waals surface area contributed by atoms with E-state index < -0.39 is 0 Å². The average molecular weight is 290 g/mol. The minimum atomic E-state index is 0.373. The van der Waals surface area contributed by atoms with Crippen LogP contribution in [0.5, 0.6) is 11.5 Å². The summed E-state index contributed by atoms with van der Waals surface area (Å²) in [5, 5.41) is 13.7. The Morgan fingerprint density at radius 2 is 2.14 bits per heavy atom. The van der Waals surface area contributed by atoms with Gasteiger partial charge < -0.3 is 15.2 Å². The van der Waals surface area contributed by atoms with Gasteiger partial charge in [0, 0.05) is 30.7 Å². The summed E-state index contributed by atoms with van der Waals surface area (Å²) >= 11 is 0. The van der Waals surface area contributed by atoms with Crippen molar-refractivity contribution in [3.63, 3.8) is 0 Å². The fourth-order valence-electron chi connectivity index (χ4n) is 3.18. The minimum absolute atomic E-state index is 0.373. The number of rotatable bonds is 6. The van der Waals surface area contributed by atoms with Gasteiger partial charge in [-0.3, -0.25) is 4.90 Å². The Bertz CT molecular complexity index is 468. The van der Waals surface area contributed by atoms with Crippen molar-refractivity contribution in [1.82, 2.24) is 10.2 Å². The molecule has 1 aromatic rings. The van der Waals surface area contributed by atoms with Crippen molar-refractivity contribution >= 4 is 0 Å². The SMILES string of the molecule is COc1ccc(O)c(CN(CC2CCCCN2)C2CC2)c1. The van der Waals surface area contributed by atoms with Crippen LogP contribution in [-0.4, -0.2) is 42.3 Å². The van der Waals surface area contributed by atoms with Gasteiger partial charge in [0.15, 0.2) is 0 Å². The molecule has 3 rings (SSSR count). The first-order valence-electron chi connectivity index (χ1n) is 8.09. The molecule has 1 heterocycles. The van der Waals surface area contributed by atoms with Gasteiger partial charge in [0.1, 0.15) is 11.5 Å². The van der Waals surface area contributed by atoms with E-state index in [9.17, 15) is 5.11 Å².